The summed E-state index contributed by atoms with van der Waals surface area (Å²) in [6.07, 6.45) is 4.45. The number of para-hydroxylation sites is 2. The minimum atomic E-state index is -1.63. The first-order valence-electron chi connectivity index (χ1n) is 7.17. The minimum Gasteiger partial charge on any atom is -0.543 e. The van der Waals surface area contributed by atoms with Crippen LogP contribution < -0.4 is 4.43 Å². The van der Waals surface area contributed by atoms with Crippen LogP contribution in [0.5, 0.6) is 5.75 Å². The molecule has 4 heteroatoms. The van der Waals surface area contributed by atoms with Crippen LogP contribution in [-0.2, 0) is 6.42 Å². The van der Waals surface area contributed by atoms with Crippen molar-refractivity contribution in [3.63, 3.8) is 0 Å². The van der Waals surface area contributed by atoms with Crippen LogP contribution in [0.3, 0.4) is 0 Å². The van der Waals surface area contributed by atoms with E-state index in [0.29, 0.717) is 0 Å². The smallest absolute Gasteiger partial charge is 0.242 e. The zero-order valence-corrected chi connectivity index (χ0v) is 14.1. The number of rotatable bonds is 5. The number of benzene rings is 1. The summed E-state index contributed by atoms with van der Waals surface area (Å²) in [5.41, 5.74) is 3.13. The number of nitrogens with zero attached hydrogens (tertiary/aromatic N) is 2. The Hall–Kier alpha value is -1.94. The van der Waals surface area contributed by atoms with Crippen molar-refractivity contribution in [1.29, 1.82) is 0 Å². The Morgan fingerprint density at radius 2 is 1.90 bits per heavy atom. The Morgan fingerprint density at radius 3 is 2.62 bits per heavy atom. The van der Waals surface area contributed by atoms with E-state index in [0.717, 1.165) is 23.6 Å². The normalized spacial score (nSPS) is 11.8. The Kier molecular flexibility index (Phi) is 4.91. The largest absolute Gasteiger partial charge is 0.543 e. The molecule has 0 aliphatic rings. The molecule has 0 unspecified atom stereocenters. The number of aromatic nitrogens is 1. The highest BCUT2D eigenvalue weighted by molar-refractivity contribution is 6.70. The molecule has 1 aromatic carbocycles. The summed E-state index contributed by atoms with van der Waals surface area (Å²) in [5.74, 6) is 0.866. The van der Waals surface area contributed by atoms with Crippen molar-refractivity contribution in [1.82, 2.24) is 4.98 Å². The zero-order chi connectivity index (χ0) is 15.3. The molecular weight excluding hydrogens is 276 g/mol. The summed E-state index contributed by atoms with van der Waals surface area (Å²) < 4.78 is 6.07. The summed E-state index contributed by atoms with van der Waals surface area (Å²) in [6, 6.07) is 12.0. The third-order valence-corrected chi connectivity index (χ3v) is 3.75. The van der Waals surface area contributed by atoms with Crippen LogP contribution in [0.4, 0.5) is 5.69 Å². The number of hydrogen-bond donors (Lipinski definition) is 0. The van der Waals surface area contributed by atoms with Crippen molar-refractivity contribution in [3.05, 3.63) is 53.9 Å². The van der Waals surface area contributed by atoms with E-state index in [9.17, 15) is 0 Å². The van der Waals surface area contributed by atoms with E-state index in [1.807, 2.05) is 42.7 Å². The molecular formula is C17H22N2OSi. The maximum atomic E-state index is 6.07. The summed E-state index contributed by atoms with van der Waals surface area (Å²) in [4.78, 5) is 8.93. The fourth-order valence-corrected chi connectivity index (χ4v) is 2.77. The van der Waals surface area contributed by atoms with Gasteiger partial charge in [0, 0.05) is 24.5 Å². The molecule has 0 bridgehead atoms. The monoisotopic (exact) mass is 298 g/mol. The predicted molar refractivity (Wildman–Crippen MR) is 91.2 cm³/mol. The molecule has 0 aliphatic carbocycles. The maximum Gasteiger partial charge on any atom is 0.242 e. The molecule has 2 aromatic rings. The molecule has 2 rings (SSSR count). The first kappa shape index (κ1) is 15.4. The fraction of sp³-hybridized carbons (Fsp3) is 0.294. The van der Waals surface area contributed by atoms with Crippen molar-refractivity contribution >= 4 is 20.2 Å². The van der Waals surface area contributed by atoms with Crippen molar-refractivity contribution in [2.75, 3.05) is 0 Å². The van der Waals surface area contributed by atoms with Crippen molar-refractivity contribution < 1.29 is 4.43 Å². The number of hydrogen-bond acceptors (Lipinski definition) is 3. The molecule has 0 amide bonds. The summed E-state index contributed by atoms with van der Waals surface area (Å²) >= 11 is 0. The Labute approximate surface area is 127 Å². The van der Waals surface area contributed by atoms with E-state index in [1.165, 1.54) is 5.56 Å². The van der Waals surface area contributed by atoms with Gasteiger partial charge in [-0.15, -0.1) is 0 Å². The lowest BCUT2D eigenvalue weighted by molar-refractivity contribution is 0.559. The van der Waals surface area contributed by atoms with Gasteiger partial charge in [0.2, 0.25) is 8.32 Å². The molecule has 0 saturated carbocycles. The molecule has 1 aromatic heterocycles. The van der Waals surface area contributed by atoms with E-state index in [-0.39, 0.29) is 0 Å². The second-order valence-electron chi connectivity index (χ2n) is 5.96. The highest BCUT2D eigenvalue weighted by Crippen LogP contribution is 2.28. The average molecular weight is 298 g/mol. The van der Waals surface area contributed by atoms with Crippen LogP contribution in [0.1, 0.15) is 11.3 Å². The Balaban J connectivity index is 2.13. The fourth-order valence-electron chi connectivity index (χ4n) is 1.94. The van der Waals surface area contributed by atoms with Gasteiger partial charge in [-0.1, -0.05) is 18.2 Å². The summed E-state index contributed by atoms with van der Waals surface area (Å²) in [6.45, 7) is 8.58. The molecule has 0 spiro atoms. The van der Waals surface area contributed by atoms with Crippen LogP contribution in [0.15, 0.2) is 47.6 Å². The van der Waals surface area contributed by atoms with Crippen molar-refractivity contribution in [3.8, 4) is 5.75 Å². The van der Waals surface area contributed by atoms with Crippen LogP contribution in [0.25, 0.3) is 0 Å². The molecule has 110 valence electrons. The molecule has 0 atom stereocenters. The Morgan fingerprint density at radius 1 is 1.14 bits per heavy atom. The van der Waals surface area contributed by atoms with Crippen LogP contribution in [0.2, 0.25) is 19.6 Å². The van der Waals surface area contributed by atoms with Gasteiger partial charge in [-0.25, -0.2) is 0 Å². The first-order chi connectivity index (χ1) is 9.96. The summed E-state index contributed by atoms with van der Waals surface area (Å²) in [5, 5.41) is 0. The van der Waals surface area contributed by atoms with E-state index in [1.54, 1.807) is 0 Å². The predicted octanol–water partition coefficient (Wildman–Crippen LogP) is 4.55. The first-order valence-corrected chi connectivity index (χ1v) is 10.6. The third kappa shape index (κ3) is 4.83. The Bertz CT molecular complexity index is 633. The molecule has 1 heterocycles. The molecule has 0 saturated heterocycles. The van der Waals surface area contributed by atoms with Crippen LogP contribution >= 0.6 is 0 Å². The lowest BCUT2D eigenvalue weighted by Gasteiger charge is -2.20. The van der Waals surface area contributed by atoms with Gasteiger partial charge in [0.15, 0.2) is 0 Å². The van der Waals surface area contributed by atoms with Crippen molar-refractivity contribution in [2.45, 2.75) is 33.0 Å². The molecule has 0 radical (unpaired) electrons. The van der Waals surface area contributed by atoms with E-state index < -0.39 is 8.32 Å². The van der Waals surface area contributed by atoms with Gasteiger partial charge in [0.05, 0.1) is 0 Å². The van der Waals surface area contributed by atoms with Crippen molar-refractivity contribution in [2.24, 2.45) is 4.99 Å². The van der Waals surface area contributed by atoms with Crippen LogP contribution in [-0.4, -0.2) is 19.5 Å². The van der Waals surface area contributed by atoms with Gasteiger partial charge in [0.25, 0.3) is 0 Å². The van der Waals surface area contributed by atoms with Gasteiger partial charge in [-0.05, 0) is 50.3 Å². The molecule has 0 aliphatic heterocycles. The van der Waals surface area contributed by atoms with Gasteiger partial charge in [0.1, 0.15) is 11.4 Å². The third-order valence-electron chi connectivity index (χ3n) is 2.91. The standard InChI is InChI=1S/C17H22N2OSi/c1-14-8-7-12-18-15(14)11-13-19-16-9-5-6-10-17(16)20-21(2,3)4/h5-10,12-13H,11H2,1-4H3. The van der Waals surface area contributed by atoms with E-state index in [4.69, 9.17) is 4.43 Å². The van der Waals surface area contributed by atoms with Gasteiger partial charge >= 0.3 is 0 Å². The minimum absolute atomic E-state index is 0.730. The van der Waals surface area contributed by atoms with Gasteiger partial charge < -0.3 is 4.43 Å². The number of aliphatic imine (C=N–C) groups is 1. The maximum absolute atomic E-state index is 6.07. The van der Waals surface area contributed by atoms with Crippen LogP contribution in [0, 0.1) is 6.92 Å². The second-order valence-corrected chi connectivity index (χ2v) is 10.4. The SMILES string of the molecule is Cc1cccnc1CC=Nc1ccccc1O[Si](C)(C)C. The second kappa shape index (κ2) is 6.67. The molecule has 0 fully saturated rings. The van der Waals surface area contributed by atoms with Gasteiger partial charge in [-0.2, -0.15) is 0 Å². The highest BCUT2D eigenvalue weighted by atomic mass is 28.4. The van der Waals surface area contributed by atoms with E-state index >= 15 is 0 Å². The van der Waals surface area contributed by atoms with E-state index in [2.05, 4.69) is 42.6 Å². The quantitative estimate of drug-likeness (QED) is 0.599. The summed E-state index contributed by atoms with van der Waals surface area (Å²) in [7, 11) is -1.63. The molecule has 3 nitrogen and oxygen atoms in total. The van der Waals surface area contributed by atoms with Gasteiger partial charge in [-0.3, -0.25) is 9.98 Å². The molecule has 21 heavy (non-hydrogen) atoms. The number of aryl methyl sites for hydroxylation is 1. The number of pyridine rings is 1. The lowest BCUT2D eigenvalue weighted by Crippen LogP contribution is -2.29. The lowest BCUT2D eigenvalue weighted by atomic mass is 10.2. The topological polar surface area (TPSA) is 34.5 Å². The highest BCUT2D eigenvalue weighted by Gasteiger charge is 2.17. The average Bonchev–Trinajstić information content (AvgIpc) is 2.41. The zero-order valence-electron chi connectivity index (χ0n) is 13.1. The molecule has 0 N–H and O–H groups in total.